The lowest BCUT2D eigenvalue weighted by Gasteiger charge is -2.20. The number of aromatic nitrogens is 3. The Bertz CT molecular complexity index is 754. The number of hydrogen-bond donors (Lipinski definition) is 2. The van der Waals surface area contributed by atoms with Crippen LogP contribution in [0, 0.1) is 5.41 Å². The molecule has 1 spiro atoms. The molecule has 4 rings (SSSR count). The highest BCUT2D eigenvalue weighted by Gasteiger charge is 2.54. The van der Waals surface area contributed by atoms with Gasteiger partial charge < -0.3 is 10.8 Å². The highest BCUT2D eigenvalue weighted by Crippen LogP contribution is 2.58. The summed E-state index contributed by atoms with van der Waals surface area (Å²) < 4.78 is 2.44. The van der Waals surface area contributed by atoms with Crippen LogP contribution < -0.4 is 5.73 Å². The Morgan fingerprint density at radius 2 is 2.29 bits per heavy atom. The van der Waals surface area contributed by atoms with E-state index >= 15 is 0 Å². The van der Waals surface area contributed by atoms with Crippen molar-refractivity contribution < 1.29 is 9.90 Å². The van der Waals surface area contributed by atoms with E-state index < -0.39 is 6.09 Å². The molecule has 2 aromatic rings. The van der Waals surface area contributed by atoms with Crippen LogP contribution in [0.1, 0.15) is 31.1 Å². The molecule has 3 N–H and O–H groups in total. The SMILES string of the molecule is Nc1nccn2c([C@@H]3CC4(CC4)CN3C(=O)O)nc(Br)c12. The molecule has 2 aromatic heterocycles. The first-order valence-corrected chi connectivity index (χ1v) is 7.58. The molecule has 0 aromatic carbocycles. The van der Waals surface area contributed by atoms with E-state index in [-0.39, 0.29) is 11.5 Å². The van der Waals surface area contributed by atoms with Crippen molar-refractivity contribution in [3.63, 3.8) is 0 Å². The Kier molecular flexibility index (Phi) is 2.51. The van der Waals surface area contributed by atoms with Gasteiger partial charge in [-0.15, -0.1) is 0 Å². The van der Waals surface area contributed by atoms with Crippen LogP contribution in [0.2, 0.25) is 0 Å². The molecule has 8 heteroatoms. The lowest BCUT2D eigenvalue weighted by Crippen LogP contribution is -2.30. The highest BCUT2D eigenvalue weighted by molar-refractivity contribution is 9.10. The van der Waals surface area contributed by atoms with E-state index in [2.05, 4.69) is 25.9 Å². The number of halogens is 1. The zero-order chi connectivity index (χ0) is 14.8. The van der Waals surface area contributed by atoms with Gasteiger partial charge in [0.1, 0.15) is 15.9 Å². The molecule has 1 aliphatic heterocycles. The Labute approximate surface area is 128 Å². The fourth-order valence-electron chi connectivity index (χ4n) is 3.30. The first kappa shape index (κ1) is 12.9. The molecule has 21 heavy (non-hydrogen) atoms. The van der Waals surface area contributed by atoms with Gasteiger partial charge >= 0.3 is 6.09 Å². The summed E-state index contributed by atoms with van der Waals surface area (Å²) in [6.45, 7) is 0.597. The summed E-state index contributed by atoms with van der Waals surface area (Å²) in [7, 11) is 0. The van der Waals surface area contributed by atoms with Gasteiger partial charge in [0.25, 0.3) is 0 Å². The minimum atomic E-state index is -0.890. The van der Waals surface area contributed by atoms with E-state index in [1.165, 1.54) is 4.90 Å². The van der Waals surface area contributed by atoms with Crippen LogP contribution in [0.4, 0.5) is 10.6 Å². The van der Waals surface area contributed by atoms with Crippen LogP contribution in [0.15, 0.2) is 17.0 Å². The molecular weight excluding hydrogens is 338 g/mol. The lowest BCUT2D eigenvalue weighted by atomic mass is 10.0. The van der Waals surface area contributed by atoms with Crippen LogP contribution >= 0.6 is 15.9 Å². The highest BCUT2D eigenvalue weighted by atomic mass is 79.9. The van der Waals surface area contributed by atoms with Crippen LogP contribution in [0.25, 0.3) is 5.52 Å². The van der Waals surface area contributed by atoms with Crippen LogP contribution in [0.5, 0.6) is 0 Å². The molecule has 1 saturated heterocycles. The first-order valence-electron chi connectivity index (χ1n) is 6.78. The van der Waals surface area contributed by atoms with Gasteiger partial charge in [0, 0.05) is 18.9 Å². The third-order valence-corrected chi connectivity index (χ3v) is 5.13. The number of carboxylic acid groups (broad SMARTS) is 1. The second-order valence-electron chi connectivity index (χ2n) is 5.92. The van der Waals surface area contributed by atoms with Crippen molar-refractivity contribution in [3.05, 3.63) is 22.8 Å². The maximum Gasteiger partial charge on any atom is 0.407 e. The zero-order valence-corrected chi connectivity index (χ0v) is 12.7. The summed E-state index contributed by atoms with van der Waals surface area (Å²) >= 11 is 3.40. The largest absolute Gasteiger partial charge is 0.465 e. The fraction of sp³-hybridized carbons (Fsp3) is 0.462. The van der Waals surface area contributed by atoms with Crippen molar-refractivity contribution in [1.29, 1.82) is 0 Å². The second kappa shape index (κ2) is 4.09. The summed E-state index contributed by atoms with van der Waals surface area (Å²) in [4.78, 5) is 21.6. The average molecular weight is 352 g/mol. The van der Waals surface area contributed by atoms with Gasteiger partial charge in [-0.3, -0.25) is 9.30 Å². The van der Waals surface area contributed by atoms with E-state index in [1.54, 1.807) is 12.4 Å². The second-order valence-corrected chi connectivity index (χ2v) is 6.67. The number of likely N-dealkylation sites (tertiary alicyclic amines) is 1. The van der Waals surface area contributed by atoms with Crippen molar-refractivity contribution in [2.75, 3.05) is 12.3 Å². The monoisotopic (exact) mass is 351 g/mol. The summed E-state index contributed by atoms with van der Waals surface area (Å²) in [5, 5.41) is 9.48. The third kappa shape index (κ3) is 1.81. The number of nitrogens with zero attached hydrogens (tertiary/aromatic N) is 4. The normalized spacial score (nSPS) is 23.1. The molecular formula is C13H14BrN5O2. The van der Waals surface area contributed by atoms with E-state index in [0.29, 0.717) is 28.3 Å². The number of rotatable bonds is 1. The molecule has 2 aliphatic rings. The average Bonchev–Trinajstić information content (AvgIpc) is 2.93. The number of anilines is 1. The number of amides is 1. The molecule has 1 aliphatic carbocycles. The van der Waals surface area contributed by atoms with Crippen molar-refractivity contribution in [2.24, 2.45) is 5.41 Å². The van der Waals surface area contributed by atoms with Gasteiger partial charge in [-0.2, -0.15) is 0 Å². The molecule has 1 amide bonds. The summed E-state index contributed by atoms with van der Waals surface area (Å²) in [5.41, 5.74) is 6.75. The van der Waals surface area contributed by atoms with Gasteiger partial charge in [0.15, 0.2) is 5.82 Å². The van der Waals surface area contributed by atoms with E-state index in [0.717, 1.165) is 19.3 Å². The van der Waals surface area contributed by atoms with Crippen molar-refractivity contribution in [1.82, 2.24) is 19.3 Å². The number of carbonyl (C=O) groups is 1. The van der Waals surface area contributed by atoms with E-state index in [1.807, 2.05) is 4.40 Å². The van der Waals surface area contributed by atoms with Crippen molar-refractivity contribution >= 4 is 33.4 Å². The summed E-state index contributed by atoms with van der Waals surface area (Å²) in [5.74, 6) is 1.08. The summed E-state index contributed by atoms with van der Waals surface area (Å²) in [6.07, 6.45) is 5.51. The van der Waals surface area contributed by atoms with Crippen LogP contribution in [-0.2, 0) is 0 Å². The van der Waals surface area contributed by atoms with E-state index in [4.69, 9.17) is 5.73 Å². The number of nitrogen functional groups attached to an aromatic ring is 1. The number of hydrogen-bond acceptors (Lipinski definition) is 4. The topological polar surface area (TPSA) is 96.8 Å². The Hall–Kier alpha value is -1.83. The Balaban J connectivity index is 1.86. The predicted octanol–water partition coefficient (Wildman–Crippen LogP) is 2.28. The maximum absolute atomic E-state index is 11.6. The summed E-state index contributed by atoms with van der Waals surface area (Å²) in [6, 6.07) is -0.231. The van der Waals surface area contributed by atoms with Crippen molar-refractivity contribution in [3.8, 4) is 0 Å². The molecule has 7 nitrogen and oxygen atoms in total. The van der Waals surface area contributed by atoms with Gasteiger partial charge in [0.05, 0.1) is 6.04 Å². The first-order chi connectivity index (χ1) is 10.0. The lowest BCUT2D eigenvalue weighted by molar-refractivity contribution is 0.137. The maximum atomic E-state index is 11.6. The molecule has 110 valence electrons. The quantitative estimate of drug-likeness (QED) is 0.821. The van der Waals surface area contributed by atoms with Crippen LogP contribution in [0.3, 0.4) is 0 Å². The zero-order valence-electron chi connectivity index (χ0n) is 11.2. The van der Waals surface area contributed by atoms with Gasteiger partial charge in [0.2, 0.25) is 0 Å². The van der Waals surface area contributed by atoms with Gasteiger partial charge in [-0.05, 0) is 40.6 Å². The molecule has 1 saturated carbocycles. The molecule has 0 unspecified atom stereocenters. The number of nitrogens with two attached hydrogens (primary N) is 1. The predicted molar refractivity (Wildman–Crippen MR) is 78.9 cm³/mol. The molecule has 0 radical (unpaired) electrons. The Morgan fingerprint density at radius 3 is 2.95 bits per heavy atom. The number of fused-ring (bicyclic) bond motifs is 1. The fourth-order valence-corrected chi connectivity index (χ4v) is 3.88. The standard InChI is InChI=1S/C13H14BrN5O2/c14-9-8-10(15)16-3-4-18(8)11(17-9)7-5-13(1-2-13)6-19(7)12(20)21/h3-4,7H,1-2,5-6H2,(H2,15,16)(H,20,21)/t7-/m0/s1. The third-order valence-electron chi connectivity index (χ3n) is 4.58. The minimum Gasteiger partial charge on any atom is -0.465 e. The Morgan fingerprint density at radius 1 is 1.52 bits per heavy atom. The molecule has 2 fully saturated rings. The smallest absolute Gasteiger partial charge is 0.407 e. The number of imidazole rings is 1. The molecule has 0 bridgehead atoms. The van der Waals surface area contributed by atoms with E-state index in [9.17, 15) is 9.90 Å². The molecule has 1 atom stereocenters. The molecule has 3 heterocycles. The minimum absolute atomic E-state index is 0.167. The van der Waals surface area contributed by atoms with Crippen molar-refractivity contribution in [2.45, 2.75) is 25.3 Å². The van der Waals surface area contributed by atoms with Gasteiger partial charge in [-0.1, -0.05) is 0 Å². The van der Waals surface area contributed by atoms with Crippen LogP contribution in [-0.4, -0.2) is 37.0 Å². The van der Waals surface area contributed by atoms with Gasteiger partial charge in [-0.25, -0.2) is 14.8 Å².